The Labute approximate surface area is 194 Å². The van der Waals surface area contributed by atoms with E-state index in [1.165, 1.54) is 36.4 Å². The Balaban J connectivity index is 0.00000363. The average Bonchev–Trinajstić information content (AvgIpc) is 2.77. The largest absolute Gasteiger partial charge is 0.317 e. The predicted molar refractivity (Wildman–Crippen MR) is 123 cm³/mol. The van der Waals surface area contributed by atoms with Crippen molar-refractivity contribution in [2.45, 2.75) is 68.7 Å². The van der Waals surface area contributed by atoms with Crippen LogP contribution in [0.15, 0.2) is 23.1 Å². The van der Waals surface area contributed by atoms with E-state index in [1.54, 1.807) is 0 Å². The molecule has 0 bridgehead atoms. The summed E-state index contributed by atoms with van der Waals surface area (Å²) in [6.07, 6.45) is 8.95. The number of nitrogens with zero attached hydrogens (tertiary/aromatic N) is 3. The summed E-state index contributed by atoms with van der Waals surface area (Å²) in [5.74, 6) is 0.611. The van der Waals surface area contributed by atoms with E-state index in [4.69, 9.17) is 0 Å². The van der Waals surface area contributed by atoms with Crippen molar-refractivity contribution >= 4 is 33.8 Å². The lowest BCUT2D eigenvalue weighted by Crippen LogP contribution is -2.46. The van der Waals surface area contributed by atoms with Crippen molar-refractivity contribution in [2.24, 2.45) is 5.92 Å². The van der Waals surface area contributed by atoms with Crippen LogP contribution in [0.25, 0.3) is 0 Å². The van der Waals surface area contributed by atoms with Gasteiger partial charge >= 0.3 is 0 Å². The molecule has 1 aromatic carbocycles. The van der Waals surface area contributed by atoms with E-state index in [0.29, 0.717) is 44.8 Å². The van der Waals surface area contributed by atoms with Gasteiger partial charge in [0.2, 0.25) is 10.0 Å². The first-order chi connectivity index (χ1) is 14.8. The molecular weight excluding hydrogens is 460 g/mol. The van der Waals surface area contributed by atoms with Gasteiger partial charge in [0.05, 0.1) is 15.9 Å². The number of sulfonamides is 1. The highest BCUT2D eigenvalue weighted by molar-refractivity contribution is 7.89. The Kier molecular flexibility index (Phi) is 9.81. The molecule has 0 spiro atoms. The smallest absolute Gasteiger partial charge is 0.296 e. The van der Waals surface area contributed by atoms with Crippen molar-refractivity contribution in [1.29, 1.82) is 0 Å². The minimum atomic E-state index is -4.18. The maximum absolute atomic E-state index is 13.6. The zero-order chi connectivity index (χ0) is 22.4. The second-order valence-corrected chi connectivity index (χ2v) is 10.3. The number of hydrogen-bond acceptors (Lipinski definition) is 7. The second kappa shape index (κ2) is 11.9. The number of nitro benzene ring substituents is 2. The molecule has 1 heterocycles. The molecule has 1 aliphatic carbocycles. The van der Waals surface area contributed by atoms with E-state index in [-0.39, 0.29) is 18.4 Å². The summed E-state index contributed by atoms with van der Waals surface area (Å²) in [7, 11) is -4.18. The van der Waals surface area contributed by atoms with Crippen LogP contribution in [-0.4, -0.2) is 48.2 Å². The van der Waals surface area contributed by atoms with Gasteiger partial charge in [0.15, 0.2) is 4.90 Å². The molecule has 0 aromatic heterocycles. The minimum absolute atomic E-state index is 0. The fraction of sp³-hybridized carbons (Fsp3) is 0.700. The summed E-state index contributed by atoms with van der Waals surface area (Å²) in [6, 6.07) is 2.51. The summed E-state index contributed by atoms with van der Waals surface area (Å²) >= 11 is 0. The van der Waals surface area contributed by atoms with Crippen LogP contribution >= 0.6 is 12.4 Å². The second-order valence-electron chi connectivity index (χ2n) is 8.41. The first-order valence-corrected chi connectivity index (χ1v) is 12.4. The van der Waals surface area contributed by atoms with Crippen molar-refractivity contribution in [3.8, 4) is 0 Å². The van der Waals surface area contributed by atoms with Crippen LogP contribution in [0, 0.1) is 26.1 Å². The Hall–Kier alpha value is -1.82. The molecule has 10 nitrogen and oxygen atoms in total. The van der Waals surface area contributed by atoms with Crippen molar-refractivity contribution < 1.29 is 18.3 Å². The summed E-state index contributed by atoms with van der Waals surface area (Å²) in [4.78, 5) is 20.5. The van der Waals surface area contributed by atoms with Crippen LogP contribution in [-0.2, 0) is 10.0 Å². The molecule has 1 saturated heterocycles. The van der Waals surface area contributed by atoms with Crippen LogP contribution < -0.4 is 5.32 Å². The number of halogens is 1. The van der Waals surface area contributed by atoms with Gasteiger partial charge in [-0.3, -0.25) is 20.2 Å². The van der Waals surface area contributed by atoms with Crippen LogP contribution in [0.4, 0.5) is 11.4 Å². The normalized spacial score (nSPS) is 18.3. The Bertz CT molecular complexity index is 901. The van der Waals surface area contributed by atoms with E-state index in [0.717, 1.165) is 24.6 Å². The fourth-order valence-electron chi connectivity index (χ4n) is 4.71. The number of piperidine rings is 1. The minimum Gasteiger partial charge on any atom is -0.317 e. The Morgan fingerprint density at radius 3 is 2.25 bits per heavy atom. The zero-order valence-electron chi connectivity index (χ0n) is 18.0. The number of nitro groups is 2. The molecule has 1 saturated carbocycles. The predicted octanol–water partition coefficient (Wildman–Crippen LogP) is 4.03. The third-order valence-electron chi connectivity index (χ3n) is 6.37. The van der Waals surface area contributed by atoms with Gasteiger partial charge in [0.1, 0.15) is 0 Å². The molecule has 1 aliphatic heterocycles. The lowest BCUT2D eigenvalue weighted by Gasteiger charge is -2.34. The maximum Gasteiger partial charge on any atom is 0.296 e. The SMILES string of the molecule is Cl.O=[N+]([O-])c1ccc(S(=O)(=O)N(CCCC2CCCCC2)C2CCNCC2)c([N+](=O)[O-])c1. The topological polar surface area (TPSA) is 136 Å². The molecule has 3 rings (SSSR count). The third kappa shape index (κ3) is 6.37. The number of hydrogen-bond donors (Lipinski definition) is 1. The van der Waals surface area contributed by atoms with Crippen molar-refractivity contribution in [3.63, 3.8) is 0 Å². The molecular formula is C20H31ClN4O6S. The van der Waals surface area contributed by atoms with Crippen LogP contribution in [0.1, 0.15) is 57.8 Å². The average molecular weight is 491 g/mol. The van der Waals surface area contributed by atoms with Gasteiger partial charge in [-0.05, 0) is 50.8 Å². The number of nitrogens with one attached hydrogen (secondary N) is 1. The maximum atomic E-state index is 13.6. The van der Waals surface area contributed by atoms with Crippen LogP contribution in [0.3, 0.4) is 0 Å². The molecule has 12 heteroatoms. The Morgan fingerprint density at radius 2 is 1.66 bits per heavy atom. The highest BCUT2D eigenvalue weighted by Gasteiger charge is 2.37. The molecule has 1 aromatic rings. The van der Waals surface area contributed by atoms with Crippen molar-refractivity contribution in [3.05, 3.63) is 38.4 Å². The first kappa shape index (κ1) is 26.4. The van der Waals surface area contributed by atoms with E-state index in [1.807, 2.05) is 0 Å². The highest BCUT2D eigenvalue weighted by Crippen LogP contribution is 2.33. The summed E-state index contributed by atoms with van der Waals surface area (Å²) in [5.41, 5.74) is -1.25. The highest BCUT2D eigenvalue weighted by atomic mass is 35.5. The van der Waals surface area contributed by atoms with Gasteiger partial charge in [-0.2, -0.15) is 4.31 Å². The third-order valence-corrected chi connectivity index (χ3v) is 8.37. The molecule has 180 valence electrons. The van der Waals surface area contributed by atoms with Crippen molar-refractivity contribution in [2.75, 3.05) is 19.6 Å². The Morgan fingerprint density at radius 1 is 1.00 bits per heavy atom. The molecule has 1 N–H and O–H groups in total. The zero-order valence-corrected chi connectivity index (χ0v) is 19.6. The van der Waals surface area contributed by atoms with E-state index < -0.39 is 36.1 Å². The van der Waals surface area contributed by atoms with Crippen LogP contribution in [0.5, 0.6) is 0 Å². The van der Waals surface area contributed by atoms with Crippen molar-refractivity contribution in [1.82, 2.24) is 9.62 Å². The van der Waals surface area contributed by atoms with Crippen LogP contribution in [0.2, 0.25) is 0 Å². The monoisotopic (exact) mass is 490 g/mol. The number of benzene rings is 1. The fourth-order valence-corrected chi connectivity index (χ4v) is 6.57. The standard InChI is InChI=1S/C20H30N4O6S.ClH/c25-23(26)18-8-9-20(19(15-18)24(27)28)31(29,30)22(17-10-12-21-13-11-17)14-4-7-16-5-2-1-3-6-16;/h8-9,15-17,21H,1-7,10-14H2;1H. The van der Waals surface area contributed by atoms with Gasteiger partial charge < -0.3 is 5.32 Å². The quantitative estimate of drug-likeness (QED) is 0.407. The van der Waals surface area contributed by atoms with Gasteiger partial charge in [-0.1, -0.05) is 32.1 Å². The first-order valence-electron chi connectivity index (χ1n) is 11.0. The van der Waals surface area contributed by atoms with E-state index in [2.05, 4.69) is 5.32 Å². The number of rotatable bonds is 9. The summed E-state index contributed by atoms with van der Waals surface area (Å²) in [5, 5.41) is 25.8. The molecule has 2 aliphatic rings. The van der Waals surface area contributed by atoms with E-state index in [9.17, 15) is 28.6 Å². The lowest BCUT2D eigenvalue weighted by molar-refractivity contribution is -0.396. The molecule has 0 unspecified atom stereocenters. The molecule has 0 amide bonds. The van der Waals surface area contributed by atoms with Gasteiger partial charge in [-0.15, -0.1) is 12.4 Å². The molecule has 2 fully saturated rings. The van der Waals surface area contributed by atoms with Gasteiger partial charge in [0, 0.05) is 18.7 Å². The molecule has 0 atom stereocenters. The summed E-state index contributed by atoms with van der Waals surface area (Å²) < 4.78 is 28.5. The molecule has 32 heavy (non-hydrogen) atoms. The van der Waals surface area contributed by atoms with Gasteiger partial charge in [0.25, 0.3) is 11.4 Å². The lowest BCUT2D eigenvalue weighted by atomic mass is 9.86. The summed E-state index contributed by atoms with van der Waals surface area (Å²) in [6.45, 7) is 1.67. The number of non-ortho nitro benzene ring substituents is 1. The molecule has 0 radical (unpaired) electrons. The van der Waals surface area contributed by atoms with E-state index >= 15 is 0 Å². The van der Waals surface area contributed by atoms with Gasteiger partial charge in [-0.25, -0.2) is 8.42 Å².